The summed E-state index contributed by atoms with van der Waals surface area (Å²) in [4.78, 5) is 23.0. The van der Waals surface area contributed by atoms with Gasteiger partial charge in [0.15, 0.2) is 0 Å². The lowest BCUT2D eigenvalue weighted by molar-refractivity contribution is -0.118. The Hall–Kier alpha value is -1.91. The molecule has 0 aliphatic heterocycles. The highest BCUT2D eigenvalue weighted by molar-refractivity contribution is 5.97. The maximum absolute atomic E-state index is 13.6. The van der Waals surface area contributed by atoms with Gasteiger partial charge in [0.1, 0.15) is 5.82 Å². The summed E-state index contributed by atoms with van der Waals surface area (Å²) in [7, 11) is 0. The van der Waals surface area contributed by atoms with Crippen molar-refractivity contribution in [3.05, 3.63) is 29.6 Å². The highest BCUT2D eigenvalue weighted by Gasteiger charge is 2.58. The number of anilines is 1. The van der Waals surface area contributed by atoms with Crippen LogP contribution >= 0.6 is 0 Å². The highest BCUT2D eigenvalue weighted by Crippen LogP contribution is 2.63. The molecule has 2 aliphatic carbocycles. The summed E-state index contributed by atoms with van der Waals surface area (Å²) in [6.07, 6.45) is 5.34. The fourth-order valence-electron chi connectivity index (χ4n) is 3.32. The van der Waals surface area contributed by atoms with Crippen molar-refractivity contribution < 1.29 is 19.1 Å². The van der Waals surface area contributed by atoms with Gasteiger partial charge in [-0.1, -0.05) is 12.8 Å². The number of benzene rings is 1. The maximum atomic E-state index is 13.6. The summed E-state index contributed by atoms with van der Waals surface area (Å²) in [5.41, 5.74) is 0.0633. The van der Waals surface area contributed by atoms with E-state index >= 15 is 0 Å². The van der Waals surface area contributed by atoms with Crippen LogP contribution in [0.2, 0.25) is 0 Å². The van der Waals surface area contributed by atoms with Crippen LogP contribution in [0, 0.1) is 17.2 Å². The molecule has 1 atom stereocenters. The van der Waals surface area contributed by atoms with E-state index in [1.807, 2.05) is 0 Å². The predicted octanol–water partition coefficient (Wildman–Crippen LogP) is 3.04. The molecule has 2 saturated carbocycles. The lowest BCUT2D eigenvalue weighted by Gasteiger charge is -2.10. The lowest BCUT2D eigenvalue weighted by Crippen LogP contribution is -2.18. The third-order valence-corrected chi connectivity index (χ3v) is 4.58. The fraction of sp³-hybridized carbons (Fsp3) is 0.467. The Balaban J connectivity index is 1.73. The van der Waals surface area contributed by atoms with Crippen LogP contribution in [0.5, 0.6) is 0 Å². The number of hydrogen-bond acceptors (Lipinski definition) is 2. The molecule has 2 N–H and O–H groups in total. The molecule has 1 aromatic rings. The summed E-state index contributed by atoms with van der Waals surface area (Å²) >= 11 is 0. The molecule has 0 heterocycles. The van der Waals surface area contributed by atoms with Crippen molar-refractivity contribution in [1.29, 1.82) is 0 Å². The van der Waals surface area contributed by atoms with Gasteiger partial charge in [0.05, 0.1) is 11.3 Å². The van der Waals surface area contributed by atoms with Crippen LogP contribution in [0.4, 0.5) is 10.1 Å². The van der Waals surface area contributed by atoms with Crippen LogP contribution in [-0.2, 0) is 4.79 Å². The van der Waals surface area contributed by atoms with Crippen molar-refractivity contribution >= 4 is 17.6 Å². The first-order valence-electron chi connectivity index (χ1n) is 6.86. The average Bonchev–Trinajstić information content (AvgIpc) is 2.90. The van der Waals surface area contributed by atoms with Crippen LogP contribution in [0.25, 0.3) is 0 Å². The van der Waals surface area contributed by atoms with E-state index in [9.17, 15) is 14.0 Å². The topological polar surface area (TPSA) is 66.4 Å². The first-order chi connectivity index (χ1) is 9.52. The zero-order chi connectivity index (χ0) is 14.3. The zero-order valence-corrected chi connectivity index (χ0v) is 11.0. The van der Waals surface area contributed by atoms with E-state index in [2.05, 4.69) is 5.32 Å². The van der Waals surface area contributed by atoms with Crippen LogP contribution in [-0.4, -0.2) is 17.0 Å². The minimum Gasteiger partial charge on any atom is -0.478 e. The van der Waals surface area contributed by atoms with Gasteiger partial charge in [-0.15, -0.1) is 0 Å². The van der Waals surface area contributed by atoms with E-state index < -0.39 is 11.8 Å². The minimum absolute atomic E-state index is 0.0342. The molecule has 0 bridgehead atoms. The van der Waals surface area contributed by atoms with Crippen molar-refractivity contribution in [2.45, 2.75) is 32.1 Å². The monoisotopic (exact) mass is 277 g/mol. The number of carboxylic acids is 1. The molecule has 2 aliphatic rings. The van der Waals surface area contributed by atoms with Gasteiger partial charge in [-0.25, -0.2) is 9.18 Å². The van der Waals surface area contributed by atoms with Gasteiger partial charge in [0, 0.05) is 5.92 Å². The molecule has 2 fully saturated rings. The number of aromatic carboxylic acids is 1. The molecular formula is C15H16FNO3. The molecular weight excluding hydrogens is 261 g/mol. The summed E-state index contributed by atoms with van der Waals surface area (Å²) in [6, 6.07) is 3.42. The second-order valence-corrected chi connectivity index (χ2v) is 5.82. The molecule has 5 heteroatoms. The lowest BCUT2D eigenvalue weighted by atomic mass is 10.0. The number of carbonyl (C=O) groups excluding carboxylic acids is 1. The smallest absolute Gasteiger partial charge is 0.335 e. The molecule has 0 aromatic heterocycles. The molecule has 1 aromatic carbocycles. The van der Waals surface area contributed by atoms with Crippen LogP contribution in [0.1, 0.15) is 42.5 Å². The molecule has 4 nitrogen and oxygen atoms in total. The number of carboxylic acid groups (broad SMARTS) is 1. The number of hydrogen-bond donors (Lipinski definition) is 2. The SMILES string of the molecule is O=C(O)c1ccc(F)c(NC(=O)C2CC23CCCC3)c1. The number of nitrogens with one attached hydrogen (secondary N) is 1. The highest BCUT2D eigenvalue weighted by atomic mass is 19.1. The predicted molar refractivity (Wildman–Crippen MR) is 71.0 cm³/mol. The summed E-state index contributed by atoms with van der Waals surface area (Å²) in [5, 5.41) is 11.4. The Labute approximate surface area is 116 Å². The van der Waals surface area contributed by atoms with Crippen molar-refractivity contribution in [3.8, 4) is 0 Å². The van der Waals surface area contributed by atoms with Crippen molar-refractivity contribution in [2.24, 2.45) is 11.3 Å². The third kappa shape index (κ3) is 2.17. The Morgan fingerprint density at radius 2 is 2.00 bits per heavy atom. The minimum atomic E-state index is -1.14. The first-order valence-corrected chi connectivity index (χ1v) is 6.86. The maximum Gasteiger partial charge on any atom is 0.335 e. The van der Waals surface area contributed by atoms with Gasteiger partial charge in [0.2, 0.25) is 5.91 Å². The summed E-state index contributed by atoms with van der Waals surface area (Å²) in [6.45, 7) is 0. The Kier molecular flexibility index (Phi) is 3.00. The van der Waals surface area contributed by atoms with Crippen LogP contribution in [0.3, 0.4) is 0 Å². The Morgan fingerprint density at radius 1 is 1.30 bits per heavy atom. The van der Waals surface area contributed by atoms with Crippen molar-refractivity contribution in [1.82, 2.24) is 0 Å². The number of amides is 1. The molecule has 0 radical (unpaired) electrons. The molecule has 0 saturated heterocycles. The average molecular weight is 277 g/mol. The van der Waals surface area contributed by atoms with E-state index in [-0.39, 0.29) is 28.5 Å². The normalized spacial score (nSPS) is 22.8. The van der Waals surface area contributed by atoms with Crippen molar-refractivity contribution in [2.75, 3.05) is 5.32 Å². The molecule has 20 heavy (non-hydrogen) atoms. The standard InChI is InChI=1S/C15H16FNO3/c16-11-4-3-9(14(19)20)7-12(11)17-13(18)10-8-15(10)5-1-2-6-15/h3-4,7,10H,1-2,5-6,8H2,(H,17,18)(H,19,20). The molecule has 106 valence electrons. The van der Waals surface area contributed by atoms with Gasteiger partial charge in [0.25, 0.3) is 0 Å². The molecule has 3 rings (SSSR count). The number of rotatable bonds is 3. The van der Waals surface area contributed by atoms with E-state index in [1.54, 1.807) is 0 Å². The Bertz CT molecular complexity index is 578. The molecule has 1 unspecified atom stereocenters. The van der Waals surface area contributed by atoms with Gasteiger partial charge in [-0.3, -0.25) is 4.79 Å². The van der Waals surface area contributed by atoms with Crippen molar-refractivity contribution in [3.63, 3.8) is 0 Å². The Morgan fingerprint density at radius 3 is 2.65 bits per heavy atom. The van der Waals surface area contributed by atoms with Gasteiger partial charge < -0.3 is 10.4 Å². The molecule has 1 spiro atoms. The van der Waals surface area contributed by atoms with E-state index in [4.69, 9.17) is 5.11 Å². The van der Waals surface area contributed by atoms with Gasteiger partial charge >= 0.3 is 5.97 Å². The van der Waals surface area contributed by atoms with E-state index in [0.29, 0.717) is 0 Å². The second kappa shape index (κ2) is 4.58. The quantitative estimate of drug-likeness (QED) is 0.892. The van der Waals surface area contributed by atoms with Gasteiger partial charge in [-0.2, -0.15) is 0 Å². The van der Waals surface area contributed by atoms with E-state index in [0.717, 1.165) is 38.2 Å². The number of halogens is 1. The summed E-state index contributed by atoms with van der Waals surface area (Å²) < 4.78 is 13.6. The van der Waals surface area contributed by atoms with Gasteiger partial charge in [-0.05, 0) is 42.9 Å². The third-order valence-electron chi connectivity index (χ3n) is 4.58. The number of carbonyl (C=O) groups is 2. The largest absolute Gasteiger partial charge is 0.478 e. The molecule has 1 amide bonds. The van der Waals surface area contributed by atoms with Crippen LogP contribution < -0.4 is 5.32 Å². The first kappa shape index (κ1) is 13.1. The second-order valence-electron chi connectivity index (χ2n) is 5.82. The fourth-order valence-corrected chi connectivity index (χ4v) is 3.32. The van der Waals surface area contributed by atoms with Crippen LogP contribution in [0.15, 0.2) is 18.2 Å². The zero-order valence-electron chi connectivity index (χ0n) is 11.0. The van der Waals surface area contributed by atoms with E-state index in [1.165, 1.54) is 12.1 Å². The summed E-state index contributed by atoms with van der Waals surface area (Å²) in [5.74, 6) is -1.98.